The Morgan fingerprint density at radius 1 is 0.889 bits per heavy atom. The zero-order chi connectivity index (χ0) is 19.4. The summed E-state index contributed by atoms with van der Waals surface area (Å²) in [6, 6.07) is 22.9. The molecule has 0 amide bonds. The van der Waals surface area contributed by atoms with E-state index in [-0.39, 0.29) is 11.2 Å². The van der Waals surface area contributed by atoms with Gasteiger partial charge < -0.3 is 9.84 Å². The molecule has 0 aliphatic carbocycles. The van der Waals surface area contributed by atoms with Crippen molar-refractivity contribution in [3.8, 4) is 23.3 Å². The first kappa shape index (κ1) is 18.9. The van der Waals surface area contributed by atoms with Crippen LogP contribution < -0.4 is 4.74 Å². The van der Waals surface area contributed by atoms with Gasteiger partial charge in [-0.15, -0.1) is 0 Å². The van der Waals surface area contributed by atoms with E-state index in [2.05, 4.69) is 26.8 Å². The van der Waals surface area contributed by atoms with Crippen molar-refractivity contribution in [1.82, 2.24) is 0 Å². The summed E-state index contributed by atoms with van der Waals surface area (Å²) in [5.41, 5.74) is 1.42. The summed E-state index contributed by atoms with van der Waals surface area (Å²) in [5, 5.41) is 19.0. The van der Waals surface area contributed by atoms with Crippen LogP contribution in [0.1, 0.15) is 31.9 Å². The predicted octanol–water partition coefficient (Wildman–Crippen LogP) is 6.50. The molecule has 3 nitrogen and oxygen atoms in total. The third kappa shape index (κ3) is 4.64. The molecule has 0 aromatic heterocycles. The molecule has 27 heavy (non-hydrogen) atoms. The smallest absolute Gasteiger partial charge is 0.145 e. The first-order chi connectivity index (χ1) is 12.9. The van der Waals surface area contributed by atoms with Crippen LogP contribution in [-0.4, -0.2) is 5.11 Å². The highest BCUT2D eigenvalue weighted by atomic mass is 32.2. The summed E-state index contributed by atoms with van der Waals surface area (Å²) in [7, 11) is 0. The summed E-state index contributed by atoms with van der Waals surface area (Å²) >= 11 is 1.61. The van der Waals surface area contributed by atoms with Crippen LogP contribution in [0.25, 0.3) is 0 Å². The number of nitriles is 1. The molecule has 0 atom stereocenters. The third-order valence-corrected chi connectivity index (χ3v) is 5.09. The van der Waals surface area contributed by atoms with Gasteiger partial charge in [0.25, 0.3) is 0 Å². The molecule has 0 fully saturated rings. The third-order valence-electron chi connectivity index (χ3n) is 4.07. The zero-order valence-electron chi connectivity index (χ0n) is 15.6. The lowest BCUT2D eigenvalue weighted by Gasteiger charge is -2.21. The average Bonchev–Trinajstić information content (AvgIpc) is 2.64. The fraction of sp³-hybridized carbons (Fsp3) is 0.174. The van der Waals surface area contributed by atoms with Crippen LogP contribution >= 0.6 is 11.8 Å². The van der Waals surface area contributed by atoms with Gasteiger partial charge in [0.05, 0.1) is 5.56 Å². The minimum absolute atomic E-state index is 0.130. The van der Waals surface area contributed by atoms with E-state index in [1.807, 2.05) is 54.6 Å². The number of nitrogens with zero attached hydrogens (tertiary/aromatic N) is 1. The Kier molecular flexibility index (Phi) is 5.43. The second-order valence-corrected chi connectivity index (χ2v) is 8.36. The van der Waals surface area contributed by atoms with E-state index in [1.165, 1.54) is 0 Å². The van der Waals surface area contributed by atoms with Crippen molar-refractivity contribution in [2.45, 2.75) is 36.0 Å². The van der Waals surface area contributed by atoms with Crippen molar-refractivity contribution in [1.29, 1.82) is 5.26 Å². The molecule has 136 valence electrons. The summed E-state index contributed by atoms with van der Waals surface area (Å²) < 4.78 is 5.99. The first-order valence-corrected chi connectivity index (χ1v) is 9.47. The van der Waals surface area contributed by atoms with Crippen LogP contribution in [0, 0.1) is 11.3 Å². The summed E-state index contributed by atoms with van der Waals surface area (Å²) in [5.74, 6) is 1.52. The second-order valence-electron chi connectivity index (χ2n) is 7.21. The molecule has 0 aliphatic rings. The number of hydrogen-bond acceptors (Lipinski definition) is 4. The Hall–Kier alpha value is -2.90. The number of phenolic OH excluding ortho intramolecular Hbond substituents is 1. The number of aromatic hydroxyl groups is 1. The topological polar surface area (TPSA) is 53.2 Å². The van der Waals surface area contributed by atoms with Crippen LogP contribution in [0.15, 0.2) is 76.5 Å². The lowest BCUT2D eigenvalue weighted by atomic mass is 9.84. The van der Waals surface area contributed by atoms with Crippen LogP contribution in [0.2, 0.25) is 0 Å². The molecule has 0 heterocycles. The van der Waals surface area contributed by atoms with E-state index in [1.54, 1.807) is 23.9 Å². The van der Waals surface area contributed by atoms with Gasteiger partial charge in [-0.1, -0.05) is 44.7 Å². The maximum atomic E-state index is 9.62. The Balaban J connectivity index is 1.79. The molecule has 0 unspecified atom stereocenters. The number of benzene rings is 3. The molecule has 0 saturated carbocycles. The Labute approximate surface area is 164 Å². The van der Waals surface area contributed by atoms with E-state index < -0.39 is 0 Å². The van der Waals surface area contributed by atoms with Gasteiger partial charge in [-0.05, 0) is 65.6 Å². The van der Waals surface area contributed by atoms with Gasteiger partial charge in [-0.2, -0.15) is 5.26 Å². The maximum Gasteiger partial charge on any atom is 0.145 e. The summed E-state index contributed by atoms with van der Waals surface area (Å²) in [6.45, 7) is 6.26. The molecule has 0 bridgehead atoms. The van der Waals surface area contributed by atoms with Gasteiger partial charge in [-0.3, -0.25) is 0 Å². The summed E-state index contributed by atoms with van der Waals surface area (Å²) in [4.78, 5) is 2.11. The molecule has 1 N–H and O–H groups in total. The highest BCUT2D eigenvalue weighted by Gasteiger charge is 2.21. The number of ether oxygens (including phenoxy) is 1. The van der Waals surface area contributed by atoms with Gasteiger partial charge in [0.15, 0.2) is 0 Å². The summed E-state index contributed by atoms with van der Waals surface area (Å²) in [6.07, 6.45) is 0. The van der Waals surface area contributed by atoms with E-state index in [4.69, 9.17) is 4.74 Å². The molecule has 4 heteroatoms. The number of hydrogen-bond donors (Lipinski definition) is 1. The highest BCUT2D eigenvalue weighted by Crippen LogP contribution is 2.35. The van der Waals surface area contributed by atoms with Crippen molar-refractivity contribution in [3.05, 3.63) is 77.9 Å². The van der Waals surface area contributed by atoms with Crippen LogP contribution in [-0.2, 0) is 5.41 Å². The van der Waals surface area contributed by atoms with E-state index >= 15 is 0 Å². The lowest BCUT2D eigenvalue weighted by Crippen LogP contribution is -2.13. The zero-order valence-corrected chi connectivity index (χ0v) is 16.4. The van der Waals surface area contributed by atoms with E-state index in [9.17, 15) is 10.4 Å². The molecule has 0 spiro atoms. The van der Waals surface area contributed by atoms with Crippen molar-refractivity contribution >= 4 is 11.8 Å². The van der Waals surface area contributed by atoms with Crippen molar-refractivity contribution in [3.63, 3.8) is 0 Å². The first-order valence-electron chi connectivity index (χ1n) is 8.65. The molecule has 0 radical (unpaired) electrons. The molecule has 0 aliphatic heterocycles. The minimum Gasteiger partial charge on any atom is -0.508 e. The fourth-order valence-electron chi connectivity index (χ4n) is 2.71. The SMILES string of the molecule is CC(C)(C)c1cccc(Oc2ccc(Sc3ccc(O)cc3)cc2)c1C#N. The second kappa shape index (κ2) is 7.77. The minimum atomic E-state index is -0.130. The Morgan fingerprint density at radius 2 is 1.48 bits per heavy atom. The highest BCUT2D eigenvalue weighted by molar-refractivity contribution is 7.99. The van der Waals surface area contributed by atoms with Gasteiger partial charge in [0.2, 0.25) is 0 Å². The largest absolute Gasteiger partial charge is 0.508 e. The van der Waals surface area contributed by atoms with Gasteiger partial charge in [-0.25, -0.2) is 0 Å². The van der Waals surface area contributed by atoms with Crippen LogP contribution in [0.5, 0.6) is 17.2 Å². The van der Waals surface area contributed by atoms with Crippen LogP contribution in [0.4, 0.5) is 0 Å². The van der Waals surface area contributed by atoms with Gasteiger partial charge in [0.1, 0.15) is 23.3 Å². The number of phenols is 1. The van der Waals surface area contributed by atoms with Crippen LogP contribution in [0.3, 0.4) is 0 Å². The Morgan fingerprint density at radius 3 is 2.04 bits per heavy atom. The predicted molar refractivity (Wildman–Crippen MR) is 109 cm³/mol. The molecule has 0 saturated heterocycles. The normalized spacial score (nSPS) is 11.0. The number of rotatable bonds is 4. The Bertz CT molecular complexity index is 965. The maximum absolute atomic E-state index is 9.62. The lowest BCUT2D eigenvalue weighted by molar-refractivity contribution is 0.475. The van der Waals surface area contributed by atoms with E-state index in [0.717, 1.165) is 15.4 Å². The van der Waals surface area contributed by atoms with Gasteiger partial charge >= 0.3 is 0 Å². The molecule has 3 aromatic carbocycles. The molecular weight excluding hydrogens is 354 g/mol. The standard InChI is InChI=1S/C23H21NO2S/c1-23(2,3)21-5-4-6-22(20(21)15-24)26-17-9-13-19(14-10-17)27-18-11-7-16(25)8-12-18/h4-14,25H,1-3H3. The van der Waals surface area contributed by atoms with Crippen molar-refractivity contribution in [2.24, 2.45) is 0 Å². The monoisotopic (exact) mass is 375 g/mol. The van der Waals surface area contributed by atoms with Crippen molar-refractivity contribution in [2.75, 3.05) is 0 Å². The molecular formula is C23H21NO2S. The molecule has 3 rings (SSSR count). The van der Waals surface area contributed by atoms with Crippen molar-refractivity contribution < 1.29 is 9.84 Å². The average molecular weight is 375 g/mol. The fourth-order valence-corrected chi connectivity index (χ4v) is 3.53. The molecule has 3 aromatic rings. The quantitative estimate of drug-likeness (QED) is 0.565. The van der Waals surface area contributed by atoms with E-state index in [0.29, 0.717) is 17.1 Å². The van der Waals surface area contributed by atoms with Gasteiger partial charge in [0, 0.05) is 9.79 Å².